The molecule has 0 fully saturated rings. The highest BCUT2D eigenvalue weighted by molar-refractivity contribution is 6.30. The quantitative estimate of drug-likeness (QED) is 0.831. The molecule has 0 radical (unpaired) electrons. The summed E-state index contributed by atoms with van der Waals surface area (Å²) in [5, 5.41) is 10.4. The first kappa shape index (κ1) is 13.5. The summed E-state index contributed by atoms with van der Waals surface area (Å²) in [5.41, 5.74) is 0.0642. The molecule has 0 aliphatic heterocycles. The molecule has 1 aromatic carbocycles. The van der Waals surface area contributed by atoms with Crippen molar-refractivity contribution in [2.24, 2.45) is 0 Å². The second-order valence-electron chi connectivity index (χ2n) is 4.25. The lowest BCUT2D eigenvalue weighted by Gasteiger charge is -2.26. The van der Waals surface area contributed by atoms with Gasteiger partial charge in [0.2, 0.25) is 0 Å². The highest BCUT2D eigenvalue weighted by atomic mass is 35.5. The van der Waals surface area contributed by atoms with Gasteiger partial charge in [0.1, 0.15) is 5.82 Å². The van der Waals surface area contributed by atoms with Crippen LogP contribution < -0.4 is 0 Å². The maximum Gasteiger partial charge on any atom is 0.142 e. The Kier molecular flexibility index (Phi) is 4.75. The average Bonchev–Trinajstić information content (AvgIpc) is 2.24. The van der Waals surface area contributed by atoms with Gasteiger partial charge in [-0.3, -0.25) is 0 Å². The summed E-state index contributed by atoms with van der Waals surface area (Å²) in [6.45, 7) is 3.98. The number of benzene rings is 1. The fraction of sp³-hybridized carbons (Fsp3) is 0.538. The van der Waals surface area contributed by atoms with E-state index in [2.05, 4.69) is 0 Å². The smallest absolute Gasteiger partial charge is 0.142 e. The Morgan fingerprint density at radius 3 is 2.56 bits per heavy atom. The van der Waals surface area contributed by atoms with Gasteiger partial charge in [-0.25, -0.2) is 4.39 Å². The lowest BCUT2D eigenvalue weighted by Crippen LogP contribution is -2.30. The first-order valence-corrected chi connectivity index (χ1v) is 6.05. The topological polar surface area (TPSA) is 20.2 Å². The van der Waals surface area contributed by atoms with Crippen LogP contribution in [0, 0.1) is 5.82 Å². The zero-order chi connectivity index (χ0) is 12.2. The van der Waals surface area contributed by atoms with Gasteiger partial charge < -0.3 is 5.11 Å². The molecule has 0 saturated heterocycles. The van der Waals surface area contributed by atoms with Crippen LogP contribution in [0.2, 0.25) is 5.02 Å². The van der Waals surface area contributed by atoms with Gasteiger partial charge in [-0.2, -0.15) is 0 Å². The van der Waals surface area contributed by atoms with Gasteiger partial charge >= 0.3 is 0 Å². The Balaban J connectivity index is 2.81. The molecule has 1 nitrogen and oxygen atoms in total. The van der Waals surface area contributed by atoms with Crippen molar-refractivity contribution in [1.29, 1.82) is 0 Å². The van der Waals surface area contributed by atoms with Crippen molar-refractivity contribution < 1.29 is 9.50 Å². The minimum atomic E-state index is -0.727. The largest absolute Gasteiger partial charge is 0.390 e. The summed E-state index contributed by atoms with van der Waals surface area (Å²) >= 11 is 5.61. The van der Waals surface area contributed by atoms with Crippen LogP contribution in [0.4, 0.5) is 4.39 Å². The Hall–Kier alpha value is -0.600. The molecule has 1 atom stereocenters. The van der Waals surface area contributed by atoms with Gasteiger partial charge in [-0.05, 0) is 30.5 Å². The summed E-state index contributed by atoms with van der Waals surface area (Å²) in [6.07, 6.45) is 2.80. The van der Waals surface area contributed by atoms with Crippen LogP contribution in [0.5, 0.6) is 0 Å². The predicted octanol–water partition coefficient (Wildman–Crippen LogP) is 3.96. The molecule has 0 aliphatic carbocycles. The average molecular weight is 245 g/mol. The molecule has 90 valence electrons. The van der Waals surface area contributed by atoms with Gasteiger partial charge in [0.05, 0.1) is 10.6 Å². The first-order chi connectivity index (χ1) is 7.50. The van der Waals surface area contributed by atoms with Gasteiger partial charge in [0.25, 0.3) is 0 Å². The van der Waals surface area contributed by atoms with Crippen molar-refractivity contribution in [2.75, 3.05) is 0 Å². The maximum absolute atomic E-state index is 13.2. The molecule has 16 heavy (non-hydrogen) atoms. The van der Waals surface area contributed by atoms with Crippen LogP contribution in [-0.2, 0) is 6.42 Å². The zero-order valence-electron chi connectivity index (χ0n) is 9.76. The minimum absolute atomic E-state index is 0.124. The molecule has 0 bridgehead atoms. The highest BCUT2D eigenvalue weighted by Crippen LogP contribution is 2.24. The number of aliphatic hydroxyl groups is 1. The van der Waals surface area contributed by atoms with Crippen molar-refractivity contribution in [2.45, 2.75) is 45.1 Å². The Morgan fingerprint density at radius 1 is 1.38 bits per heavy atom. The van der Waals surface area contributed by atoms with Crippen molar-refractivity contribution >= 4 is 11.6 Å². The van der Waals surface area contributed by atoms with Crippen LogP contribution in [0.1, 0.15) is 38.7 Å². The Morgan fingerprint density at radius 2 is 2.06 bits per heavy atom. The normalized spacial score (nSPS) is 14.8. The van der Waals surface area contributed by atoms with Gasteiger partial charge in [-0.1, -0.05) is 37.9 Å². The van der Waals surface area contributed by atoms with Gasteiger partial charge in [-0.15, -0.1) is 0 Å². The van der Waals surface area contributed by atoms with Crippen molar-refractivity contribution in [1.82, 2.24) is 0 Å². The fourth-order valence-electron chi connectivity index (χ4n) is 1.89. The molecule has 0 aliphatic rings. The second-order valence-corrected chi connectivity index (χ2v) is 4.66. The van der Waals surface area contributed by atoms with Crippen molar-refractivity contribution in [3.05, 3.63) is 34.6 Å². The molecule has 1 rings (SSSR count). The van der Waals surface area contributed by atoms with Gasteiger partial charge in [0.15, 0.2) is 0 Å². The zero-order valence-corrected chi connectivity index (χ0v) is 10.5. The Labute approximate surface area is 101 Å². The van der Waals surface area contributed by atoms with E-state index < -0.39 is 11.4 Å². The van der Waals surface area contributed by atoms with Crippen LogP contribution in [0.15, 0.2) is 18.2 Å². The molecule has 0 amide bonds. The van der Waals surface area contributed by atoms with E-state index in [4.69, 9.17) is 11.6 Å². The molecular weight excluding hydrogens is 227 g/mol. The van der Waals surface area contributed by atoms with E-state index >= 15 is 0 Å². The molecule has 0 saturated carbocycles. The molecule has 1 aromatic rings. The predicted molar refractivity (Wildman–Crippen MR) is 65.3 cm³/mol. The summed E-state index contributed by atoms with van der Waals surface area (Å²) in [4.78, 5) is 0. The van der Waals surface area contributed by atoms with E-state index in [0.29, 0.717) is 12.8 Å². The first-order valence-electron chi connectivity index (χ1n) is 5.67. The summed E-state index contributed by atoms with van der Waals surface area (Å²) < 4.78 is 13.2. The van der Waals surface area contributed by atoms with Crippen molar-refractivity contribution in [3.8, 4) is 0 Å². The molecule has 1 N–H and O–H groups in total. The van der Waals surface area contributed by atoms with Crippen LogP contribution in [-0.4, -0.2) is 10.7 Å². The third kappa shape index (κ3) is 3.46. The van der Waals surface area contributed by atoms with Crippen molar-refractivity contribution in [3.63, 3.8) is 0 Å². The SMILES string of the molecule is CCCC(O)(CC)Cc1ccc(Cl)c(F)c1. The standard InChI is InChI=1S/C13H18ClFO/c1-3-7-13(16,4-2)9-10-5-6-11(14)12(15)8-10/h5-6,8,16H,3-4,7,9H2,1-2H3. The highest BCUT2D eigenvalue weighted by Gasteiger charge is 2.24. The molecular formula is C13H18ClFO. The van der Waals surface area contributed by atoms with Gasteiger partial charge in [0, 0.05) is 6.42 Å². The van der Waals surface area contributed by atoms with E-state index in [1.807, 2.05) is 13.8 Å². The summed E-state index contributed by atoms with van der Waals surface area (Å²) in [7, 11) is 0. The van der Waals surface area contributed by atoms with Crippen LogP contribution >= 0.6 is 11.6 Å². The Bertz CT molecular complexity index is 354. The van der Waals surface area contributed by atoms with E-state index in [1.165, 1.54) is 12.1 Å². The summed E-state index contributed by atoms with van der Waals surface area (Å²) in [5.74, 6) is -0.422. The molecule has 1 unspecified atom stereocenters. The molecule has 0 spiro atoms. The van der Waals surface area contributed by atoms with E-state index in [9.17, 15) is 9.50 Å². The van der Waals surface area contributed by atoms with Crippen LogP contribution in [0.25, 0.3) is 0 Å². The number of hydrogen-bond acceptors (Lipinski definition) is 1. The fourth-order valence-corrected chi connectivity index (χ4v) is 2.00. The number of halogens is 2. The molecule has 3 heteroatoms. The lowest BCUT2D eigenvalue weighted by molar-refractivity contribution is 0.0270. The molecule has 0 heterocycles. The monoisotopic (exact) mass is 244 g/mol. The lowest BCUT2D eigenvalue weighted by atomic mass is 9.88. The number of rotatable bonds is 5. The molecule has 0 aromatic heterocycles. The minimum Gasteiger partial charge on any atom is -0.390 e. The second kappa shape index (κ2) is 5.65. The van der Waals surface area contributed by atoms with E-state index in [-0.39, 0.29) is 5.02 Å². The maximum atomic E-state index is 13.2. The van der Waals surface area contributed by atoms with E-state index in [0.717, 1.165) is 18.4 Å². The number of hydrogen-bond donors (Lipinski definition) is 1. The third-order valence-corrected chi connectivity index (χ3v) is 3.20. The summed E-state index contributed by atoms with van der Waals surface area (Å²) in [6, 6.07) is 4.70. The van der Waals surface area contributed by atoms with Crippen LogP contribution in [0.3, 0.4) is 0 Å². The van der Waals surface area contributed by atoms with E-state index in [1.54, 1.807) is 6.07 Å². The third-order valence-electron chi connectivity index (χ3n) is 2.89.